The maximum absolute atomic E-state index is 10.9. The van der Waals surface area contributed by atoms with Gasteiger partial charge in [-0.3, -0.25) is 0 Å². The fourth-order valence-corrected chi connectivity index (χ4v) is 5.81. The first-order chi connectivity index (χ1) is 22.0. The van der Waals surface area contributed by atoms with Crippen LogP contribution in [0.15, 0.2) is 121 Å². The molecule has 1 aliphatic heterocycles. The Labute approximate surface area is 276 Å². The molecule has 0 spiro atoms. The summed E-state index contributed by atoms with van der Waals surface area (Å²) in [5, 5.41) is 0. The Morgan fingerprint density at radius 3 is 1.84 bits per heavy atom. The third-order valence-electron chi connectivity index (χ3n) is 7.68. The van der Waals surface area contributed by atoms with E-state index in [-0.39, 0.29) is 0 Å². The van der Waals surface area contributed by atoms with E-state index in [4.69, 9.17) is 7.76 Å². The van der Waals surface area contributed by atoms with Gasteiger partial charge in [0, 0.05) is 22.8 Å². The predicted octanol–water partition coefficient (Wildman–Crippen LogP) is 11.1. The average molecular weight is 646 g/mol. The molecular formula is C40H46N2NiO2. The zero-order valence-corrected chi connectivity index (χ0v) is 27.8. The van der Waals surface area contributed by atoms with Crippen LogP contribution >= 0.6 is 0 Å². The topological polar surface area (TPSA) is 43.8 Å². The van der Waals surface area contributed by atoms with Gasteiger partial charge in [-0.2, -0.15) is 0 Å². The molecule has 0 saturated heterocycles. The molecule has 0 fully saturated rings. The van der Waals surface area contributed by atoms with E-state index in [1.54, 1.807) is 0 Å². The summed E-state index contributed by atoms with van der Waals surface area (Å²) in [6.07, 6.45) is 11.1. The van der Waals surface area contributed by atoms with E-state index in [9.17, 15) is 5.53 Å². The van der Waals surface area contributed by atoms with Crippen LogP contribution in [0.2, 0.25) is 0 Å². The molecule has 0 amide bonds. The summed E-state index contributed by atoms with van der Waals surface area (Å²) in [6.45, 7) is 7.53. The Morgan fingerprint density at radius 2 is 1.20 bits per heavy atom. The summed E-state index contributed by atoms with van der Waals surface area (Å²) < 4.78 is 12.1. The molecule has 0 N–H and O–H groups in total. The monoisotopic (exact) mass is 644 g/mol. The summed E-state index contributed by atoms with van der Waals surface area (Å²) in [7, 11) is 0. The van der Waals surface area contributed by atoms with Crippen molar-refractivity contribution in [3.63, 3.8) is 0 Å². The molecule has 0 aliphatic carbocycles. The van der Waals surface area contributed by atoms with Crippen molar-refractivity contribution < 1.29 is 27.5 Å². The van der Waals surface area contributed by atoms with E-state index < -0.39 is 0 Å². The van der Waals surface area contributed by atoms with Crippen LogP contribution in [0.1, 0.15) is 85.8 Å². The van der Waals surface area contributed by atoms with Crippen molar-refractivity contribution in [1.29, 1.82) is 0 Å². The predicted molar refractivity (Wildman–Crippen MR) is 181 cm³/mol. The van der Waals surface area contributed by atoms with Gasteiger partial charge in [0.05, 0.1) is 0 Å². The van der Waals surface area contributed by atoms with Crippen molar-refractivity contribution >= 4 is 11.4 Å². The molecule has 5 rings (SSSR count). The SMILES string of the molecule is CCCCCCCCc1cccc(C2=CC(C)=C(c3cccc(C)c3)[N+]2=[N-])c1.c1ccc(C[O][Ni][O]Cc2ccccc2)cc1. The molecule has 0 radical (unpaired) electrons. The Morgan fingerprint density at radius 1 is 0.622 bits per heavy atom. The van der Waals surface area contributed by atoms with E-state index in [1.165, 1.54) is 54.3 Å². The number of rotatable bonds is 15. The molecule has 0 atom stereocenters. The normalized spacial score (nSPS) is 12.7. The number of unbranched alkanes of at least 4 members (excludes halogenated alkanes) is 5. The van der Waals surface area contributed by atoms with E-state index in [1.807, 2.05) is 66.7 Å². The van der Waals surface area contributed by atoms with Crippen LogP contribution in [0.3, 0.4) is 0 Å². The number of hydrogen-bond donors (Lipinski definition) is 0. The van der Waals surface area contributed by atoms with Gasteiger partial charge in [0.1, 0.15) is 0 Å². The van der Waals surface area contributed by atoms with Crippen molar-refractivity contribution in [1.82, 2.24) is 0 Å². The molecule has 0 bridgehead atoms. The summed E-state index contributed by atoms with van der Waals surface area (Å²) in [6, 6.07) is 37.0. The average Bonchev–Trinajstić information content (AvgIpc) is 3.37. The van der Waals surface area contributed by atoms with Crippen LogP contribution in [0.25, 0.3) is 16.9 Å². The fraction of sp³-hybridized carbons (Fsp3) is 0.300. The number of nitrogens with zero attached hydrogens (tertiary/aromatic N) is 2. The Hall–Kier alpha value is -3.63. The van der Waals surface area contributed by atoms with E-state index in [2.05, 4.69) is 69.3 Å². The molecule has 0 aromatic heterocycles. The van der Waals surface area contributed by atoms with Gasteiger partial charge >= 0.3 is 108 Å². The molecule has 238 valence electrons. The minimum atomic E-state index is 0.565. The standard InChI is InChI=1S/C26H32N2.2C7H7O.Ni/c1-4-5-6-7-8-9-13-22-14-11-15-23(19-22)25-18-21(3)26(28(25)27)24-16-10-12-20(2)17-24;2*8-6-7-4-2-1-3-5-7;/h10-12,14-19H,4-9,13H2,1-3H3;2*1-5H,6H2;/q;2*-1;+2. The van der Waals surface area contributed by atoms with Gasteiger partial charge in [-0.25, -0.2) is 4.70 Å². The zero-order chi connectivity index (χ0) is 31.7. The van der Waals surface area contributed by atoms with Gasteiger partial charge < -0.3 is 5.53 Å². The quantitative estimate of drug-likeness (QED) is 0.0734. The van der Waals surface area contributed by atoms with Gasteiger partial charge in [-0.15, -0.1) is 0 Å². The summed E-state index contributed by atoms with van der Waals surface area (Å²) in [5.41, 5.74) is 20.7. The van der Waals surface area contributed by atoms with Crippen molar-refractivity contribution in [2.24, 2.45) is 0 Å². The third-order valence-corrected chi connectivity index (χ3v) is 8.20. The Kier molecular flexibility index (Phi) is 14.5. The van der Waals surface area contributed by atoms with Gasteiger partial charge in [0.25, 0.3) is 0 Å². The van der Waals surface area contributed by atoms with Crippen molar-refractivity contribution in [2.45, 2.75) is 78.9 Å². The second-order valence-electron chi connectivity index (χ2n) is 11.5. The molecule has 5 heteroatoms. The molecule has 1 heterocycles. The fourth-order valence-electron chi connectivity index (χ4n) is 5.28. The van der Waals surface area contributed by atoms with Gasteiger partial charge in [0.2, 0.25) is 11.4 Å². The molecule has 4 aromatic carbocycles. The van der Waals surface area contributed by atoms with Crippen LogP contribution in [-0.4, -0.2) is 4.70 Å². The van der Waals surface area contributed by atoms with Crippen LogP contribution in [0, 0.1) is 6.92 Å². The van der Waals surface area contributed by atoms with Crippen LogP contribution in [0.4, 0.5) is 0 Å². The second-order valence-corrected chi connectivity index (χ2v) is 12.2. The van der Waals surface area contributed by atoms with E-state index in [0.717, 1.165) is 60.7 Å². The van der Waals surface area contributed by atoms with Crippen LogP contribution in [-0.2, 0) is 42.5 Å². The molecule has 4 aromatic rings. The number of hydrogen-bond acceptors (Lipinski definition) is 2. The van der Waals surface area contributed by atoms with Gasteiger partial charge in [0.15, 0.2) is 0 Å². The molecular weight excluding hydrogens is 599 g/mol. The molecule has 1 aliphatic rings. The van der Waals surface area contributed by atoms with Gasteiger partial charge in [-0.05, 0) is 56.5 Å². The molecule has 0 unspecified atom stereocenters. The summed E-state index contributed by atoms with van der Waals surface area (Å²) in [4.78, 5) is 0. The van der Waals surface area contributed by atoms with E-state index >= 15 is 0 Å². The number of benzene rings is 4. The second kappa shape index (κ2) is 19.0. The summed E-state index contributed by atoms with van der Waals surface area (Å²) >= 11 is 0.863. The van der Waals surface area contributed by atoms with Gasteiger partial charge in [-0.1, -0.05) is 68.9 Å². The zero-order valence-electron chi connectivity index (χ0n) is 26.9. The van der Waals surface area contributed by atoms with Crippen molar-refractivity contribution in [3.8, 4) is 0 Å². The number of allylic oxidation sites excluding steroid dienone is 2. The molecule has 0 saturated carbocycles. The molecule has 4 nitrogen and oxygen atoms in total. The van der Waals surface area contributed by atoms with Crippen LogP contribution in [0.5, 0.6) is 0 Å². The Balaban J connectivity index is 0.000000231. The summed E-state index contributed by atoms with van der Waals surface area (Å²) in [5.74, 6) is 0. The third kappa shape index (κ3) is 11.4. The first kappa shape index (κ1) is 34.3. The van der Waals surface area contributed by atoms with Crippen LogP contribution < -0.4 is 0 Å². The first-order valence-corrected chi connectivity index (χ1v) is 16.8. The number of aryl methyl sites for hydroxylation is 2. The molecule has 45 heavy (non-hydrogen) atoms. The van der Waals surface area contributed by atoms with Crippen molar-refractivity contribution in [3.05, 3.63) is 160 Å². The maximum atomic E-state index is 10.9. The first-order valence-electron chi connectivity index (χ1n) is 16.0. The Bertz CT molecular complexity index is 1510. The minimum absolute atomic E-state index is 0.565. The van der Waals surface area contributed by atoms with Crippen molar-refractivity contribution in [2.75, 3.05) is 0 Å². The van der Waals surface area contributed by atoms with E-state index in [0.29, 0.717) is 13.2 Å².